The number of halogens is 3. The molecule has 15 heavy (non-hydrogen) atoms. The van der Waals surface area contributed by atoms with Crippen molar-refractivity contribution in [1.82, 2.24) is 9.97 Å². The minimum Gasteiger partial charge on any atom is -0.385 e. The van der Waals surface area contributed by atoms with Gasteiger partial charge in [-0.3, -0.25) is 0 Å². The lowest BCUT2D eigenvalue weighted by Crippen LogP contribution is -2.15. The molecule has 1 aromatic heterocycles. The van der Waals surface area contributed by atoms with Gasteiger partial charge in [-0.05, 0) is 6.42 Å². The average Bonchev–Trinajstić information content (AvgIpc) is 2.62. The monoisotopic (exact) mass is 223 g/mol. The molecule has 0 saturated carbocycles. The van der Waals surface area contributed by atoms with Crippen molar-refractivity contribution in [2.24, 2.45) is 5.73 Å². The Morgan fingerprint density at radius 2 is 2.27 bits per heavy atom. The minimum atomic E-state index is -4.41. The molecular formula is C8H12F3N3O. The van der Waals surface area contributed by atoms with Crippen LogP contribution in [0, 0.1) is 0 Å². The topological polar surface area (TPSA) is 63.9 Å². The first-order valence-corrected chi connectivity index (χ1v) is 4.31. The third-order valence-corrected chi connectivity index (χ3v) is 1.89. The number of methoxy groups -OCH3 is 1. The fourth-order valence-corrected chi connectivity index (χ4v) is 1.05. The van der Waals surface area contributed by atoms with Crippen molar-refractivity contribution >= 4 is 0 Å². The van der Waals surface area contributed by atoms with E-state index in [2.05, 4.69) is 9.97 Å². The summed E-state index contributed by atoms with van der Waals surface area (Å²) in [6, 6.07) is -0.568. The Hall–Kier alpha value is -1.08. The molecule has 0 aliphatic rings. The summed E-state index contributed by atoms with van der Waals surface area (Å²) >= 11 is 0. The molecule has 1 rings (SSSR count). The quantitative estimate of drug-likeness (QED) is 0.812. The maximum Gasteiger partial charge on any atom is 0.432 e. The Bertz CT molecular complexity index is 310. The van der Waals surface area contributed by atoms with Gasteiger partial charge < -0.3 is 15.5 Å². The Kier molecular flexibility index (Phi) is 3.70. The van der Waals surface area contributed by atoms with E-state index < -0.39 is 17.9 Å². The molecule has 0 aromatic carbocycles. The minimum absolute atomic E-state index is 0.124. The van der Waals surface area contributed by atoms with E-state index in [9.17, 15) is 13.2 Å². The summed E-state index contributed by atoms with van der Waals surface area (Å²) in [5.74, 6) is 0.124. The molecule has 86 valence electrons. The van der Waals surface area contributed by atoms with E-state index in [-0.39, 0.29) is 5.82 Å². The molecule has 1 unspecified atom stereocenters. The summed E-state index contributed by atoms with van der Waals surface area (Å²) in [5.41, 5.74) is 4.71. The highest BCUT2D eigenvalue weighted by molar-refractivity contribution is 5.07. The van der Waals surface area contributed by atoms with E-state index in [1.54, 1.807) is 0 Å². The second kappa shape index (κ2) is 4.63. The van der Waals surface area contributed by atoms with Gasteiger partial charge in [0.15, 0.2) is 0 Å². The molecule has 0 radical (unpaired) electrons. The van der Waals surface area contributed by atoms with Gasteiger partial charge in [0.05, 0.1) is 12.2 Å². The number of imidazole rings is 1. The number of rotatable bonds is 4. The SMILES string of the molecule is COCCC(N)c1ncc(C(F)(F)F)[nH]1. The van der Waals surface area contributed by atoms with Crippen LogP contribution in [0.4, 0.5) is 13.2 Å². The first kappa shape index (κ1) is 12.0. The van der Waals surface area contributed by atoms with Gasteiger partial charge in [0.1, 0.15) is 11.5 Å². The Balaban J connectivity index is 2.67. The lowest BCUT2D eigenvalue weighted by atomic mass is 10.2. The molecule has 0 spiro atoms. The molecular weight excluding hydrogens is 211 g/mol. The standard InChI is InChI=1S/C8H12F3N3O/c1-15-3-2-5(12)7-13-4-6(14-7)8(9,10)11/h4-5H,2-3,12H2,1H3,(H,13,14). The van der Waals surface area contributed by atoms with E-state index in [1.807, 2.05) is 0 Å². The first-order chi connectivity index (χ1) is 6.95. The molecule has 1 atom stereocenters. The summed E-state index contributed by atoms with van der Waals surface area (Å²) in [6.45, 7) is 0.378. The number of nitrogens with one attached hydrogen (secondary N) is 1. The van der Waals surface area contributed by atoms with Crippen LogP contribution in [0.5, 0.6) is 0 Å². The molecule has 0 saturated heterocycles. The number of H-pyrrole nitrogens is 1. The molecule has 1 heterocycles. The van der Waals surface area contributed by atoms with Gasteiger partial charge in [-0.15, -0.1) is 0 Å². The summed E-state index contributed by atoms with van der Waals surface area (Å²) in [4.78, 5) is 5.72. The largest absolute Gasteiger partial charge is 0.432 e. The van der Waals surface area contributed by atoms with Crippen molar-refractivity contribution in [3.05, 3.63) is 17.7 Å². The van der Waals surface area contributed by atoms with Crippen molar-refractivity contribution in [2.75, 3.05) is 13.7 Å². The highest BCUT2D eigenvalue weighted by Gasteiger charge is 2.33. The molecule has 0 aliphatic heterocycles. The van der Waals surface area contributed by atoms with Crippen LogP contribution >= 0.6 is 0 Å². The normalized spacial score (nSPS) is 14.2. The van der Waals surface area contributed by atoms with Crippen LogP contribution in [0.25, 0.3) is 0 Å². The van der Waals surface area contributed by atoms with Crippen LogP contribution in [-0.4, -0.2) is 23.7 Å². The van der Waals surface area contributed by atoms with Crippen molar-refractivity contribution in [2.45, 2.75) is 18.6 Å². The number of ether oxygens (including phenoxy) is 1. The van der Waals surface area contributed by atoms with Crippen molar-refractivity contribution in [3.8, 4) is 0 Å². The molecule has 7 heteroatoms. The summed E-state index contributed by atoms with van der Waals surface area (Å²) in [6.07, 6.45) is -3.25. The maximum atomic E-state index is 12.2. The number of hydrogen-bond donors (Lipinski definition) is 2. The van der Waals surface area contributed by atoms with Gasteiger partial charge >= 0.3 is 6.18 Å². The van der Waals surface area contributed by atoms with E-state index >= 15 is 0 Å². The van der Waals surface area contributed by atoms with Crippen LogP contribution in [-0.2, 0) is 10.9 Å². The molecule has 0 aliphatic carbocycles. The Morgan fingerprint density at radius 1 is 1.60 bits per heavy atom. The molecule has 0 bridgehead atoms. The molecule has 4 nitrogen and oxygen atoms in total. The zero-order chi connectivity index (χ0) is 11.5. The summed E-state index contributed by atoms with van der Waals surface area (Å²) in [5, 5.41) is 0. The van der Waals surface area contributed by atoms with Gasteiger partial charge in [0, 0.05) is 13.7 Å². The van der Waals surface area contributed by atoms with Crippen LogP contribution in [0.2, 0.25) is 0 Å². The first-order valence-electron chi connectivity index (χ1n) is 4.31. The molecule has 0 fully saturated rings. The number of aromatic amines is 1. The van der Waals surface area contributed by atoms with Crippen LogP contribution < -0.4 is 5.73 Å². The van der Waals surface area contributed by atoms with Crippen molar-refractivity contribution in [1.29, 1.82) is 0 Å². The van der Waals surface area contributed by atoms with Gasteiger partial charge in [-0.1, -0.05) is 0 Å². The van der Waals surface area contributed by atoms with Gasteiger partial charge in [-0.2, -0.15) is 13.2 Å². The van der Waals surface area contributed by atoms with E-state index in [4.69, 9.17) is 10.5 Å². The third-order valence-electron chi connectivity index (χ3n) is 1.89. The van der Waals surface area contributed by atoms with E-state index in [0.29, 0.717) is 13.0 Å². The number of nitrogens with zero attached hydrogens (tertiary/aromatic N) is 1. The fourth-order valence-electron chi connectivity index (χ4n) is 1.05. The second-order valence-electron chi connectivity index (χ2n) is 3.07. The molecule has 3 N–H and O–H groups in total. The van der Waals surface area contributed by atoms with Gasteiger partial charge in [0.25, 0.3) is 0 Å². The van der Waals surface area contributed by atoms with Crippen LogP contribution in [0.3, 0.4) is 0 Å². The van der Waals surface area contributed by atoms with Crippen molar-refractivity contribution in [3.63, 3.8) is 0 Å². The second-order valence-corrected chi connectivity index (χ2v) is 3.07. The highest BCUT2D eigenvalue weighted by atomic mass is 19.4. The number of aromatic nitrogens is 2. The summed E-state index contributed by atoms with van der Waals surface area (Å²) < 4.78 is 41.3. The predicted molar refractivity (Wildman–Crippen MR) is 47.0 cm³/mol. The maximum absolute atomic E-state index is 12.2. The Morgan fingerprint density at radius 3 is 2.73 bits per heavy atom. The number of alkyl halides is 3. The smallest absolute Gasteiger partial charge is 0.385 e. The zero-order valence-electron chi connectivity index (χ0n) is 8.14. The van der Waals surface area contributed by atoms with E-state index in [1.165, 1.54) is 7.11 Å². The third kappa shape index (κ3) is 3.21. The zero-order valence-corrected chi connectivity index (χ0v) is 8.14. The molecule has 0 amide bonds. The highest BCUT2D eigenvalue weighted by Crippen LogP contribution is 2.28. The van der Waals surface area contributed by atoms with Gasteiger partial charge in [-0.25, -0.2) is 4.98 Å². The molecule has 1 aromatic rings. The van der Waals surface area contributed by atoms with Crippen LogP contribution in [0.15, 0.2) is 6.20 Å². The van der Waals surface area contributed by atoms with Gasteiger partial charge in [0.2, 0.25) is 0 Å². The average molecular weight is 223 g/mol. The lowest BCUT2D eigenvalue weighted by molar-refractivity contribution is -0.140. The number of hydrogen-bond acceptors (Lipinski definition) is 3. The predicted octanol–water partition coefficient (Wildman–Crippen LogP) is 1.46. The van der Waals surface area contributed by atoms with Crippen LogP contribution in [0.1, 0.15) is 24.0 Å². The summed E-state index contributed by atoms with van der Waals surface area (Å²) in [7, 11) is 1.50. The van der Waals surface area contributed by atoms with E-state index in [0.717, 1.165) is 6.20 Å². The van der Waals surface area contributed by atoms with Crippen molar-refractivity contribution < 1.29 is 17.9 Å². The number of nitrogens with two attached hydrogens (primary N) is 1. The fraction of sp³-hybridized carbons (Fsp3) is 0.625. The lowest BCUT2D eigenvalue weighted by Gasteiger charge is -2.07. The Labute approximate surface area is 84.6 Å².